The van der Waals surface area contributed by atoms with Gasteiger partial charge in [-0.25, -0.2) is 4.98 Å². The number of rotatable bonds is 5. The number of anilines is 1. The number of hydrogen-bond acceptors (Lipinski definition) is 4. The van der Waals surface area contributed by atoms with E-state index in [4.69, 9.17) is 4.98 Å². The molecule has 0 aliphatic carbocycles. The molecule has 1 amide bonds. The Labute approximate surface area is 163 Å². The molecule has 1 atom stereocenters. The summed E-state index contributed by atoms with van der Waals surface area (Å²) < 4.78 is 1.61. The Hall–Kier alpha value is -2.99. The highest BCUT2D eigenvalue weighted by atomic mass is 16.3. The SMILES string of the molecule is Cc1ccc2c(c1)[C@@H](Cc1nc3ccccc3c(=O)n1CCCO)C(=O)N2C. The molecule has 2 heterocycles. The number of fused-ring (bicyclic) bond motifs is 2. The summed E-state index contributed by atoms with van der Waals surface area (Å²) in [6.07, 6.45) is 0.812. The smallest absolute Gasteiger partial charge is 0.261 e. The van der Waals surface area contributed by atoms with E-state index in [9.17, 15) is 14.7 Å². The van der Waals surface area contributed by atoms with Crippen LogP contribution >= 0.6 is 0 Å². The first-order valence-corrected chi connectivity index (χ1v) is 9.48. The van der Waals surface area contributed by atoms with Crippen molar-refractivity contribution in [2.75, 3.05) is 18.6 Å². The van der Waals surface area contributed by atoms with Crippen LogP contribution < -0.4 is 10.5 Å². The Morgan fingerprint density at radius 3 is 2.71 bits per heavy atom. The molecule has 1 N–H and O–H groups in total. The summed E-state index contributed by atoms with van der Waals surface area (Å²) in [5.41, 5.74) is 3.48. The van der Waals surface area contributed by atoms with Crippen molar-refractivity contribution >= 4 is 22.5 Å². The van der Waals surface area contributed by atoms with E-state index in [2.05, 4.69) is 0 Å². The number of hydrogen-bond donors (Lipinski definition) is 1. The fraction of sp³-hybridized carbons (Fsp3) is 0.318. The largest absolute Gasteiger partial charge is 0.396 e. The number of carbonyl (C=O) groups excluding carboxylic acids is 1. The van der Waals surface area contributed by atoms with Gasteiger partial charge in [-0.2, -0.15) is 0 Å². The van der Waals surface area contributed by atoms with Gasteiger partial charge < -0.3 is 10.0 Å². The van der Waals surface area contributed by atoms with Crippen LogP contribution in [0.1, 0.15) is 29.3 Å². The third-order valence-electron chi connectivity index (χ3n) is 5.42. The first-order chi connectivity index (χ1) is 13.5. The molecule has 0 fully saturated rings. The van der Waals surface area contributed by atoms with Gasteiger partial charge in [0.15, 0.2) is 0 Å². The Balaban J connectivity index is 1.83. The number of aliphatic hydroxyl groups is 1. The van der Waals surface area contributed by atoms with Crippen molar-refractivity contribution in [3.8, 4) is 0 Å². The third kappa shape index (κ3) is 2.99. The number of para-hydroxylation sites is 1. The van der Waals surface area contributed by atoms with Gasteiger partial charge in [0.1, 0.15) is 5.82 Å². The number of likely N-dealkylation sites (N-methyl/N-ethyl adjacent to an activating group) is 1. The van der Waals surface area contributed by atoms with Gasteiger partial charge in [0, 0.05) is 32.3 Å². The molecule has 3 aromatic rings. The zero-order chi connectivity index (χ0) is 19.8. The third-order valence-corrected chi connectivity index (χ3v) is 5.42. The van der Waals surface area contributed by atoms with Crippen molar-refractivity contribution in [1.82, 2.24) is 9.55 Å². The predicted molar refractivity (Wildman–Crippen MR) is 109 cm³/mol. The number of aromatic nitrogens is 2. The summed E-state index contributed by atoms with van der Waals surface area (Å²) in [5.74, 6) is 0.225. The van der Waals surface area contributed by atoms with E-state index in [1.807, 2.05) is 43.3 Å². The normalized spacial score (nSPS) is 16.0. The van der Waals surface area contributed by atoms with E-state index >= 15 is 0 Å². The molecule has 6 nitrogen and oxygen atoms in total. The molecule has 0 unspecified atom stereocenters. The summed E-state index contributed by atoms with van der Waals surface area (Å²) in [4.78, 5) is 32.3. The van der Waals surface area contributed by atoms with Crippen LogP contribution in [0.25, 0.3) is 10.9 Å². The fourth-order valence-corrected chi connectivity index (χ4v) is 3.95. The first kappa shape index (κ1) is 18.4. The van der Waals surface area contributed by atoms with Crippen LogP contribution in [-0.4, -0.2) is 34.2 Å². The molecule has 28 heavy (non-hydrogen) atoms. The standard InChI is InChI=1S/C22H23N3O3/c1-14-8-9-19-16(12-14)17(21(27)24(19)2)13-20-23-18-7-4-3-6-15(18)22(28)25(20)10-5-11-26/h3-4,6-9,12,17,26H,5,10-11,13H2,1-2H3/t17-/m1/s1. The van der Waals surface area contributed by atoms with Crippen molar-refractivity contribution in [2.45, 2.75) is 32.2 Å². The topological polar surface area (TPSA) is 75.4 Å². The van der Waals surface area contributed by atoms with Crippen molar-refractivity contribution in [1.29, 1.82) is 0 Å². The number of amides is 1. The molecule has 0 spiro atoms. The van der Waals surface area contributed by atoms with Gasteiger partial charge in [0.2, 0.25) is 5.91 Å². The Kier molecular flexibility index (Phi) is 4.73. The van der Waals surface area contributed by atoms with Gasteiger partial charge in [-0.3, -0.25) is 14.2 Å². The van der Waals surface area contributed by atoms with Crippen molar-refractivity contribution in [2.24, 2.45) is 0 Å². The van der Waals surface area contributed by atoms with Crippen LogP contribution in [0, 0.1) is 6.92 Å². The Morgan fingerprint density at radius 1 is 1.14 bits per heavy atom. The van der Waals surface area contributed by atoms with Gasteiger partial charge in [-0.15, -0.1) is 0 Å². The van der Waals surface area contributed by atoms with Gasteiger partial charge in [-0.05, 0) is 37.1 Å². The molecule has 4 rings (SSSR count). The van der Waals surface area contributed by atoms with E-state index in [1.165, 1.54) is 0 Å². The molecular formula is C22H23N3O3. The minimum atomic E-state index is -0.367. The number of aryl methyl sites for hydroxylation is 1. The fourth-order valence-electron chi connectivity index (χ4n) is 3.95. The lowest BCUT2D eigenvalue weighted by Gasteiger charge is -2.16. The second kappa shape index (κ2) is 7.20. The van der Waals surface area contributed by atoms with Crippen molar-refractivity contribution < 1.29 is 9.90 Å². The zero-order valence-electron chi connectivity index (χ0n) is 16.1. The maximum absolute atomic E-state index is 13.0. The highest BCUT2D eigenvalue weighted by Gasteiger charge is 2.36. The van der Waals surface area contributed by atoms with E-state index in [0.717, 1.165) is 16.8 Å². The maximum Gasteiger partial charge on any atom is 0.261 e. The van der Waals surface area contributed by atoms with Crippen molar-refractivity contribution in [3.05, 3.63) is 69.8 Å². The average Bonchev–Trinajstić information content (AvgIpc) is 2.92. The molecule has 1 aliphatic heterocycles. The van der Waals surface area contributed by atoms with Crippen molar-refractivity contribution in [3.63, 3.8) is 0 Å². The molecule has 144 valence electrons. The van der Waals surface area contributed by atoms with Gasteiger partial charge in [-0.1, -0.05) is 29.8 Å². The van der Waals surface area contributed by atoms with Crippen LogP contribution in [0.4, 0.5) is 5.69 Å². The highest BCUT2D eigenvalue weighted by molar-refractivity contribution is 6.04. The molecule has 0 radical (unpaired) electrons. The molecule has 6 heteroatoms. The quantitative estimate of drug-likeness (QED) is 0.741. The molecule has 1 aromatic heterocycles. The number of aliphatic hydroxyl groups excluding tert-OH is 1. The Morgan fingerprint density at radius 2 is 1.93 bits per heavy atom. The minimum absolute atomic E-state index is 0.00810. The molecule has 0 saturated heterocycles. The lowest BCUT2D eigenvalue weighted by atomic mass is 9.95. The first-order valence-electron chi connectivity index (χ1n) is 9.48. The number of nitrogens with zero attached hydrogens (tertiary/aromatic N) is 3. The van der Waals surface area contributed by atoms with Crippen LogP contribution in [0.5, 0.6) is 0 Å². The lowest BCUT2D eigenvalue weighted by molar-refractivity contribution is -0.119. The number of benzene rings is 2. The lowest BCUT2D eigenvalue weighted by Crippen LogP contribution is -2.30. The second-order valence-corrected chi connectivity index (χ2v) is 7.30. The summed E-state index contributed by atoms with van der Waals surface area (Å²) in [5, 5.41) is 9.80. The molecule has 0 saturated carbocycles. The molecule has 2 aromatic carbocycles. The predicted octanol–water partition coefficient (Wildman–Crippen LogP) is 2.39. The summed E-state index contributed by atoms with van der Waals surface area (Å²) in [7, 11) is 1.78. The molecule has 1 aliphatic rings. The van der Waals surface area contributed by atoms with E-state index < -0.39 is 0 Å². The van der Waals surface area contributed by atoms with Crippen LogP contribution in [0.15, 0.2) is 47.3 Å². The van der Waals surface area contributed by atoms with Gasteiger partial charge in [0.05, 0.1) is 16.8 Å². The highest BCUT2D eigenvalue weighted by Crippen LogP contribution is 2.38. The van der Waals surface area contributed by atoms with Crippen LogP contribution in [0.3, 0.4) is 0 Å². The van der Waals surface area contributed by atoms with Crippen LogP contribution in [-0.2, 0) is 17.8 Å². The van der Waals surface area contributed by atoms with Gasteiger partial charge in [0.25, 0.3) is 5.56 Å². The van der Waals surface area contributed by atoms with E-state index in [-0.39, 0.29) is 24.0 Å². The van der Waals surface area contributed by atoms with Crippen LogP contribution in [0.2, 0.25) is 0 Å². The summed E-state index contributed by atoms with van der Waals surface area (Å²) in [6.45, 7) is 2.37. The maximum atomic E-state index is 13.0. The zero-order valence-corrected chi connectivity index (χ0v) is 16.1. The van der Waals surface area contributed by atoms with Gasteiger partial charge >= 0.3 is 0 Å². The Bertz CT molecular complexity index is 1120. The summed E-state index contributed by atoms with van der Waals surface area (Å²) in [6, 6.07) is 13.2. The minimum Gasteiger partial charge on any atom is -0.396 e. The second-order valence-electron chi connectivity index (χ2n) is 7.30. The average molecular weight is 377 g/mol. The molecular weight excluding hydrogens is 354 g/mol. The molecule has 0 bridgehead atoms. The number of carbonyl (C=O) groups is 1. The van der Waals surface area contributed by atoms with E-state index in [0.29, 0.717) is 36.1 Å². The van der Waals surface area contributed by atoms with E-state index in [1.54, 1.807) is 22.6 Å². The summed E-state index contributed by atoms with van der Waals surface area (Å²) >= 11 is 0. The monoisotopic (exact) mass is 377 g/mol.